The van der Waals surface area contributed by atoms with Crippen LogP contribution in [0.3, 0.4) is 0 Å². The first kappa shape index (κ1) is 20.7. The van der Waals surface area contributed by atoms with Gasteiger partial charge in [-0.3, -0.25) is 14.5 Å². The van der Waals surface area contributed by atoms with Crippen molar-refractivity contribution in [3.05, 3.63) is 45.7 Å². The summed E-state index contributed by atoms with van der Waals surface area (Å²) in [5, 5.41) is 8.13. The highest BCUT2D eigenvalue weighted by Gasteiger charge is 2.47. The monoisotopic (exact) mass is 449 g/mol. The number of nitrogens with two attached hydrogens (primary N) is 1. The highest BCUT2D eigenvalue weighted by molar-refractivity contribution is 5.87. The Kier molecular flexibility index (Phi) is 4.74. The molecule has 9 heteroatoms. The van der Waals surface area contributed by atoms with Crippen LogP contribution in [0.1, 0.15) is 30.9 Å². The topological polar surface area (TPSA) is 105 Å². The average molecular weight is 450 g/mol. The maximum Gasteiger partial charge on any atom is 0.268 e. The van der Waals surface area contributed by atoms with Gasteiger partial charge < -0.3 is 20.3 Å². The molecule has 1 aromatic carbocycles. The Hall–Kier alpha value is -2.91. The van der Waals surface area contributed by atoms with Crippen molar-refractivity contribution < 1.29 is 4.74 Å². The lowest BCUT2D eigenvalue weighted by atomic mass is 9.73. The minimum absolute atomic E-state index is 0.0323. The van der Waals surface area contributed by atoms with Gasteiger partial charge in [0, 0.05) is 44.7 Å². The number of benzene rings is 1. The number of nitrogens with one attached hydrogen (secondary N) is 1. The van der Waals surface area contributed by atoms with Gasteiger partial charge in [-0.2, -0.15) is 10.1 Å². The van der Waals surface area contributed by atoms with Crippen molar-refractivity contribution in [2.45, 2.75) is 44.9 Å². The van der Waals surface area contributed by atoms with Crippen molar-refractivity contribution in [2.75, 3.05) is 36.0 Å². The summed E-state index contributed by atoms with van der Waals surface area (Å²) in [5.74, 6) is 1.38. The molecule has 2 aromatic heterocycles. The van der Waals surface area contributed by atoms with E-state index in [1.54, 1.807) is 4.57 Å². The number of fused-ring (bicyclic) bond motifs is 2. The largest absolute Gasteiger partial charge is 0.376 e. The zero-order chi connectivity index (χ0) is 22.7. The van der Waals surface area contributed by atoms with E-state index < -0.39 is 0 Å². The minimum Gasteiger partial charge on any atom is -0.376 e. The summed E-state index contributed by atoms with van der Waals surface area (Å²) in [7, 11) is 1.81. The maximum atomic E-state index is 13.5. The van der Waals surface area contributed by atoms with Crippen LogP contribution in [0.5, 0.6) is 0 Å². The molecular formula is C24H31N7O2. The number of nitrogens with zero attached hydrogens (tertiary/aromatic N) is 5. The van der Waals surface area contributed by atoms with Crippen LogP contribution in [-0.2, 0) is 24.8 Å². The Morgan fingerprint density at radius 3 is 2.64 bits per heavy atom. The third kappa shape index (κ3) is 3.17. The molecule has 9 nitrogen and oxygen atoms in total. The average Bonchev–Trinajstić information content (AvgIpc) is 3.39. The number of anilines is 2. The SMILES string of the molecule is C[C@@H]1OCC2(CCN(c3nc4[nH]nc(N5CCc6ccccc6C5)c4c(=O)n3C)CC2)[C@@H]1N. The van der Waals surface area contributed by atoms with Crippen molar-refractivity contribution in [3.8, 4) is 0 Å². The maximum absolute atomic E-state index is 13.5. The van der Waals surface area contributed by atoms with E-state index in [1.165, 1.54) is 11.1 Å². The molecule has 5 heterocycles. The summed E-state index contributed by atoms with van der Waals surface area (Å²) in [6.45, 7) is 5.96. The molecule has 1 spiro atoms. The summed E-state index contributed by atoms with van der Waals surface area (Å²) in [4.78, 5) is 22.7. The van der Waals surface area contributed by atoms with Crippen LogP contribution in [0.15, 0.2) is 29.1 Å². The van der Waals surface area contributed by atoms with E-state index >= 15 is 0 Å². The van der Waals surface area contributed by atoms with Crippen molar-refractivity contribution in [3.63, 3.8) is 0 Å². The summed E-state index contributed by atoms with van der Waals surface area (Å²) in [6, 6.07) is 8.53. The summed E-state index contributed by atoms with van der Waals surface area (Å²) >= 11 is 0. The van der Waals surface area contributed by atoms with Crippen LogP contribution < -0.4 is 21.1 Å². The molecule has 2 atom stereocenters. The van der Waals surface area contributed by atoms with E-state index in [1.807, 2.05) is 7.05 Å². The molecule has 0 saturated carbocycles. The third-order valence-corrected chi connectivity index (χ3v) is 8.08. The smallest absolute Gasteiger partial charge is 0.268 e. The van der Waals surface area contributed by atoms with Crippen LogP contribution in [0.2, 0.25) is 0 Å². The van der Waals surface area contributed by atoms with Crippen LogP contribution in [0.25, 0.3) is 11.0 Å². The second-order valence-corrected chi connectivity index (χ2v) is 9.88. The third-order valence-electron chi connectivity index (χ3n) is 8.08. The van der Waals surface area contributed by atoms with Gasteiger partial charge in [0.15, 0.2) is 11.5 Å². The van der Waals surface area contributed by atoms with Crippen molar-refractivity contribution >= 4 is 22.8 Å². The lowest BCUT2D eigenvalue weighted by molar-refractivity contribution is 0.0973. The normalized spacial score (nSPS) is 24.6. The molecule has 3 N–H and O–H groups in total. The molecule has 3 aromatic rings. The van der Waals surface area contributed by atoms with Gasteiger partial charge in [0.25, 0.3) is 5.56 Å². The lowest BCUT2D eigenvalue weighted by Crippen LogP contribution is -2.51. The highest BCUT2D eigenvalue weighted by Crippen LogP contribution is 2.41. The molecule has 0 bridgehead atoms. The van der Waals surface area contributed by atoms with E-state index in [9.17, 15) is 4.79 Å². The first-order chi connectivity index (χ1) is 16.0. The number of rotatable bonds is 2. The molecular weight excluding hydrogens is 418 g/mol. The Morgan fingerprint density at radius 2 is 1.91 bits per heavy atom. The van der Waals surface area contributed by atoms with Gasteiger partial charge >= 0.3 is 0 Å². The second kappa shape index (κ2) is 7.56. The number of aromatic nitrogens is 4. The van der Waals surface area contributed by atoms with Crippen LogP contribution >= 0.6 is 0 Å². The number of hydrogen-bond donors (Lipinski definition) is 2. The molecule has 0 aliphatic carbocycles. The fourth-order valence-corrected chi connectivity index (χ4v) is 5.85. The van der Waals surface area contributed by atoms with Crippen molar-refractivity contribution in [2.24, 2.45) is 18.2 Å². The second-order valence-electron chi connectivity index (χ2n) is 9.88. The standard InChI is InChI=1S/C24H31N7O2/c1-15-19(25)24(14-33-15)8-11-30(12-9-24)23-26-20-18(22(32)29(23)2)21(28-27-20)31-10-7-16-5-3-4-6-17(16)13-31/h3-6,15,19H,7-14,25H2,1-2H3,(H,27,28)/t15-,19+/m0/s1. The number of ether oxygens (including phenoxy) is 1. The van der Waals surface area contributed by atoms with Gasteiger partial charge in [-0.15, -0.1) is 0 Å². The number of aromatic amines is 1. The lowest BCUT2D eigenvalue weighted by Gasteiger charge is -2.41. The van der Waals surface area contributed by atoms with Crippen molar-refractivity contribution in [1.82, 2.24) is 19.7 Å². The predicted octanol–water partition coefficient (Wildman–Crippen LogP) is 1.55. The van der Waals surface area contributed by atoms with Crippen LogP contribution in [0, 0.1) is 5.41 Å². The van der Waals surface area contributed by atoms with E-state index in [4.69, 9.17) is 15.5 Å². The quantitative estimate of drug-likeness (QED) is 0.612. The van der Waals surface area contributed by atoms with Crippen molar-refractivity contribution in [1.29, 1.82) is 0 Å². The minimum atomic E-state index is -0.0626. The Morgan fingerprint density at radius 1 is 1.15 bits per heavy atom. The Labute approximate surface area is 192 Å². The van der Waals surface area contributed by atoms with E-state index in [0.717, 1.165) is 52.0 Å². The zero-order valence-corrected chi connectivity index (χ0v) is 19.3. The zero-order valence-electron chi connectivity index (χ0n) is 19.3. The number of hydrogen-bond acceptors (Lipinski definition) is 7. The molecule has 3 aliphatic rings. The molecule has 3 aliphatic heterocycles. The summed E-state index contributed by atoms with van der Waals surface area (Å²) < 4.78 is 7.52. The first-order valence-corrected chi connectivity index (χ1v) is 11.9. The van der Waals surface area contributed by atoms with Crippen LogP contribution in [-0.4, -0.2) is 58.1 Å². The number of piperidine rings is 1. The molecule has 0 unspecified atom stereocenters. The predicted molar refractivity (Wildman–Crippen MR) is 128 cm³/mol. The summed E-state index contributed by atoms with van der Waals surface area (Å²) in [6.07, 6.45) is 2.92. The Bertz CT molecular complexity index is 1260. The van der Waals surface area contributed by atoms with E-state index in [2.05, 4.69) is 51.2 Å². The van der Waals surface area contributed by atoms with Crippen LogP contribution in [0.4, 0.5) is 11.8 Å². The van der Waals surface area contributed by atoms with E-state index in [0.29, 0.717) is 22.8 Å². The molecule has 174 valence electrons. The van der Waals surface area contributed by atoms with Gasteiger partial charge in [0.05, 0.1) is 12.7 Å². The molecule has 0 amide bonds. The molecule has 2 fully saturated rings. The summed E-state index contributed by atoms with van der Waals surface area (Å²) in [5.41, 5.74) is 9.65. The molecule has 33 heavy (non-hydrogen) atoms. The molecule has 6 rings (SSSR count). The van der Waals surface area contributed by atoms with Gasteiger partial charge in [-0.25, -0.2) is 0 Å². The number of H-pyrrole nitrogens is 1. The Balaban J connectivity index is 1.29. The first-order valence-electron chi connectivity index (χ1n) is 11.9. The van der Waals surface area contributed by atoms with Gasteiger partial charge in [-0.1, -0.05) is 24.3 Å². The highest BCUT2D eigenvalue weighted by atomic mass is 16.5. The van der Waals surface area contributed by atoms with Gasteiger partial charge in [-0.05, 0) is 37.3 Å². The molecule has 2 saturated heterocycles. The fourth-order valence-electron chi connectivity index (χ4n) is 5.85. The molecule has 0 radical (unpaired) electrons. The van der Waals surface area contributed by atoms with Gasteiger partial charge in [0.1, 0.15) is 5.39 Å². The fraction of sp³-hybridized carbons (Fsp3) is 0.542. The van der Waals surface area contributed by atoms with E-state index in [-0.39, 0.29) is 23.1 Å². The van der Waals surface area contributed by atoms with Gasteiger partial charge in [0.2, 0.25) is 5.95 Å².